The molecule has 5 rings (SSSR count). The number of carbonyl (C=O) groups excluding carboxylic acids is 1. The van der Waals surface area contributed by atoms with E-state index in [4.69, 9.17) is 9.47 Å². The first-order chi connectivity index (χ1) is 18.6. The molecule has 194 valence electrons. The van der Waals surface area contributed by atoms with Gasteiger partial charge in [0.1, 0.15) is 30.5 Å². The van der Waals surface area contributed by atoms with Gasteiger partial charge < -0.3 is 14.3 Å². The largest absolute Gasteiger partial charge is 0.490 e. The van der Waals surface area contributed by atoms with E-state index in [9.17, 15) is 4.79 Å². The highest BCUT2D eigenvalue weighted by atomic mass is 16.5. The van der Waals surface area contributed by atoms with Crippen molar-refractivity contribution in [2.45, 2.75) is 51.2 Å². The minimum absolute atomic E-state index is 0.144. The van der Waals surface area contributed by atoms with Crippen molar-refractivity contribution in [1.29, 1.82) is 0 Å². The van der Waals surface area contributed by atoms with Crippen LogP contribution in [0.1, 0.15) is 54.4 Å². The van der Waals surface area contributed by atoms with E-state index in [1.807, 2.05) is 31.2 Å². The number of hydrogen-bond donors (Lipinski definition) is 0. The van der Waals surface area contributed by atoms with Gasteiger partial charge in [0, 0.05) is 11.8 Å². The third kappa shape index (κ3) is 5.99. The molecule has 38 heavy (non-hydrogen) atoms. The number of benzene rings is 3. The Balaban J connectivity index is 1.38. The van der Waals surface area contributed by atoms with Gasteiger partial charge in [-0.25, -0.2) is 0 Å². The molecule has 0 radical (unpaired) electrons. The van der Waals surface area contributed by atoms with Crippen LogP contribution in [0.2, 0.25) is 0 Å². The lowest BCUT2D eigenvalue weighted by Crippen LogP contribution is -2.34. The second-order valence-corrected chi connectivity index (χ2v) is 10.4. The fourth-order valence-corrected chi connectivity index (χ4v) is 5.61. The van der Waals surface area contributed by atoms with Crippen LogP contribution < -0.4 is 9.47 Å². The predicted octanol–water partition coefficient (Wildman–Crippen LogP) is 8.00. The summed E-state index contributed by atoms with van der Waals surface area (Å²) >= 11 is 0. The first kappa shape index (κ1) is 25.8. The predicted molar refractivity (Wildman–Crippen MR) is 154 cm³/mol. The molecule has 0 N–H and O–H groups in total. The normalized spacial score (nSPS) is 22.6. The minimum atomic E-state index is 0.144. The van der Waals surface area contributed by atoms with Crippen molar-refractivity contribution in [2.75, 3.05) is 0 Å². The van der Waals surface area contributed by atoms with E-state index >= 15 is 0 Å². The molecule has 0 amide bonds. The molecular formula is C35H36O3. The number of allylic oxidation sites excluding steroid dienone is 5. The van der Waals surface area contributed by atoms with Gasteiger partial charge in [0.15, 0.2) is 0 Å². The van der Waals surface area contributed by atoms with Crippen LogP contribution in [-0.2, 0) is 17.8 Å². The number of ether oxygens (including phenoxy) is 2. The van der Waals surface area contributed by atoms with E-state index in [1.54, 1.807) is 0 Å². The van der Waals surface area contributed by atoms with E-state index in [0.717, 1.165) is 49.0 Å². The summed E-state index contributed by atoms with van der Waals surface area (Å²) in [5.41, 5.74) is 6.27. The Kier molecular flexibility index (Phi) is 8.23. The van der Waals surface area contributed by atoms with Crippen LogP contribution >= 0.6 is 0 Å². The van der Waals surface area contributed by atoms with Crippen molar-refractivity contribution in [2.24, 2.45) is 11.8 Å². The Morgan fingerprint density at radius 2 is 1.74 bits per heavy atom. The number of aldehydes is 1. The monoisotopic (exact) mass is 504 g/mol. The summed E-state index contributed by atoms with van der Waals surface area (Å²) in [6.07, 6.45) is 13.2. The maximum atomic E-state index is 10.9. The van der Waals surface area contributed by atoms with Crippen LogP contribution in [0.25, 0.3) is 0 Å². The van der Waals surface area contributed by atoms with Crippen LogP contribution in [0.3, 0.4) is 0 Å². The van der Waals surface area contributed by atoms with Crippen LogP contribution in [0, 0.1) is 11.8 Å². The molecule has 1 saturated carbocycles. The summed E-state index contributed by atoms with van der Waals surface area (Å²) in [5, 5.41) is 0. The van der Waals surface area contributed by atoms with E-state index in [0.29, 0.717) is 12.5 Å². The molecule has 3 aromatic rings. The van der Waals surface area contributed by atoms with Crippen molar-refractivity contribution in [3.8, 4) is 11.5 Å². The fourth-order valence-electron chi connectivity index (χ4n) is 5.61. The highest BCUT2D eigenvalue weighted by Crippen LogP contribution is 2.45. The summed E-state index contributed by atoms with van der Waals surface area (Å²) in [5.74, 6) is 2.46. The Labute approximate surface area is 226 Å². The average Bonchev–Trinajstić information content (AvgIpc) is 2.94. The number of fused-ring (bicyclic) bond motifs is 1. The maximum Gasteiger partial charge on any atom is 0.123 e. The van der Waals surface area contributed by atoms with Crippen molar-refractivity contribution in [3.63, 3.8) is 0 Å². The number of carbonyl (C=O) groups is 1. The lowest BCUT2D eigenvalue weighted by Gasteiger charge is -2.35. The second kappa shape index (κ2) is 12.1. The van der Waals surface area contributed by atoms with Gasteiger partial charge in [0.05, 0.1) is 0 Å². The summed E-state index contributed by atoms with van der Waals surface area (Å²) < 4.78 is 12.2. The molecular weight excluding hydrogens is 468 g/mol. The van der Waals surface area contributed by atoms with Gasteiger partial charge in [-0.15, -0.1) is 0 Å². The third-order valence-electron chi connectivity index (χ3n) is 7.78. The molecule has 0 aromatic heterocycles. The molecule has 2 atom stereocenters. The Bertz CT molecular complexity index is 1300. The lowest BCUT2D eigenvalue weighted by atomic mass is 9.69. The fraction of sp³-hybridized carbons (Fsp3) is 0.286. The topological polar surface area (TPSA) is 35.5 Å². The first-order valence-corrected chi connectivity index (χ1v) is 13.6. The molecule has 0 bridgehead atoms. The third-order valence-corrected chi connectivity index (χ3v) is 7.78. The molecule has 1 unspecified atom stereocenters. The second-order valence-electron chi connectivity index (χ2n) is 10.4. The molecule has 3 aromatic carbocycles. The van der Waals surface area contributed by atoms with Gasteiger partial charge in [-0.3, -0.25) is 0 Å². The minimum Gasteiger partial charge on any atom is -0.490 e. The van der Waals surface area contributed by atoms with E-state index in [1.165, 1.54) is 22.3 Å². The highest BCUT2D eigenvalue weighted by molar-refractivity contribution is 5.55. The van der Waals surface area contributed by atoms with E-state index < -0.39 is 0 Å². The van der Waals surface area contributed by atoms with Crippen LogP contribution in [0.15, 0.2) is 109 Å². The molecule has 2 aliphatic carbocycles. The van der Waals surface area contributed by atoms with E-state index in [-0.39, 0.29) is 17.9 Å². The molecule has 0 heterocycles. The molecule has 3 nitrogen and oxygen atoms in total. The first-order valence-electron chi connectivity index (χ1n) is 13.6. The molecule has 3 heteroatoms. The Morgan fingerprint density at radius 3 is 2.47 bits per heavy atom. The zero-order chi connectivity index (χ0) is 26.3. The molecule has 0 aliphatic heterocycles. The zero-order valence-electron chi connectivity index (χ0n) is 22.1. The maximum absolute atomic E-state index is 10.9. The zero-order valence-corrected chi connectivity index (χ0v) is 22.1. The number of rotatable bonds is 10. The quantitative estimate of drug-likeness (QED) is 0.207. The summed E-state index contributed by atoms with van der Waals surface area (Å²) in [6, 6.07) is 25.4. The number of aryl methyl sites for hydroxylation is 1. The summed E-state index contributed by atoms with van der Waals surface area (Å²) in [6.45, 7) is 7.06. The van der Waals surface area contributed by atoms with Crippen LogP contribution in [0.4, 0.5) is 0 Å². The van der Waals surface area contributed by atoms with Crippen molar-refractivity contribution in [3.05, 3.63) is 132 Å². The van der Waals surface area contributed by atoms with Gasteiger partial charge >= 0.3 is 0 Å². The molecule has 2 aliphatic rings. The van der Waals surface area contributed by atoms with Gasteiger partial charge in [0.25, 0.3) is 0 Å². The molecule has 0 spiro atoms. The van der Waals surface area contributed by atoms with E-state index in [2.05, 4.69) is 79.4 Å². The van der Waals surface area contributed by atoms with Gasteiger partial charge in [-0.05, 0) is 85.0 Å². The van der Waals surface area contributed by atoms with Gasteiger partial charge in [0.2, 0.25) is 0 Å². The highest BCUT2D eigenvalue weighted by Gasteiger charge is 2.33. The molecule has 0 saturated heterocycles. The molecule has 1 fully saturated rings. The van der Waals surface area contributed by atoms with Crippen molar-refractivity contribution >= 4 is 6.29 Å². The summed E-state index contributed by atoms with van der Waals surface area (Å²) in [4.78, 5) is 10.9. The average molecular weight is 505 g/mol. The SMILES string of the molecule is C=C(/C=C\C=C/C)[C@H]1CCc2cc(OCc3ccccc3)ccc2C1c1ccc(OC2CC(C=O)C2)cc1. The number of hydrogen-bond acceptors (Lipinski definition) is 3. The smallest absolute Gasteiger partial charge is 0.123 e. The van der Waals surface area contributed by atoms with Crippen LogP contribution in [0.5, 0.6) is 11.5 Å². The standard InChI is InChI=1S/C35H36O3/c1-3-4-6-9-25(2)33-18-14-29-22-31(37-24-26-10-7-5-8-11-26)17-19-34(29)35(33)28-12-15-30(16-13-28)38-32-20-27(21-32)23-36/h3-13,15-17,19,22-23,27,32-33,35H,2,14,18,20-21,24H2,1H3/b4-3-,9-6-/t27?,32?,33-,35?/m1/s1. The Morgan fingerprint density at radius 1 is 0.974 bits per heavy atom. The van der Waals surface area contributed by atoms with Crippen LogP contribution in [-0.4, -0.2) is 12.4 Å². The lowest BCUT2D eigenvalue weighted by molar-refractivity contribution is -0.116. The summed E-state index contributed by atoms with van der Waals surface area (Å²) in [7, 11) is 0. The Hall–Kier alpha value is -3.85. The van der Waals surface area contributed by atoms with Gasteiger partial charge in [-0.1, -0.05) is 85.0 Å². The van der Waals surface area contributed by atoms with Gasteiger partial charge in [-0.2, -0.15) is 0 Å². The van der Waals surface area contributed by atoms with Crippen molar-refractivity contribution < 1.29 is 14.3 Å². The van der Waals surface area contributed by atoms with Crippen molar-refractivity contribution in [1.82, 2.24) is 0 Å².